The fourth-order valence-corrected chi connectivity index (χ4v) is 1.35. The van der Waals surface area contributed by atoms with Crippen molar-refractivity contribution in [3.8, 4) is 11.5 Å². The number of hydrogen-bond donors (Lipinski definition) is 0. The standard InChI is InChI=1S/C8H10O2.C6H5Cl.2Cl2O2S/c1-9-7-5-3-4-6-8(7)10-2;7-6-4-2-1-3-5-6;2*1-5(2,3)4/h3-6H,1-2H3;1-5H;;. The van der Waals surface area contributed by atoms with E-state index in [0.29, 0.717) is 0 Å². The summed E-state index contributed by atoms with van der Waals surface area (Å²) in [6, 6.07) is 17.0. The number of methoxy groups -OCH3 is 2. The zero-order valence-corrected chi connectivity index (χ0v) is 19.3. The van der Waals surface area contributed by atoms with E-state index in [1.165, 1.54) is 0 Å². The molecule has 0 saturated heterocycles. The molecule has 0 aliphatic carbocycles. The van der Waals surface area contributed by atoms with Crippen LogP contribution in [0.4, 0.5) is 0 Å². The minimum atomic E-state index is -3.72. The summed E-state index contributed by atoms with van der Waals surface area (Å²) in [6.07, 6.45) is 0. The fourth-order valence-electron chi connectivity index (χ4n) is 1.20. The molecule has 0 heterocycles. The Hall–Kier alpha value is -0.610. The monoisotopic (exact) mass is 518 g/mol. The van der Waals surface area contributed by atoms with Crippen molar-refractivity contribution in [2.24, 2.45) is 0 Å². The average molecular weight is 521 g/mol. The molecule has 0 amide bonds. The van der Waals surface area contributed by atoms with E-state index >= 15 is 0 Å². The second-order valence-electron chi connectivity index (χ2n) is 3.91. The van der Waals surface area contributed by atoms with Gasteiger partial charge in [-0.1, -0.05) is 41.9 Å². The van der Waals surface area contributed by atoms with Crippen LogP contribution in [0.15, 0.2) is 54.6 Å². The van der Waals surface area contributed by atoms with Crippen LogP contribution in [0.5, 0.6) is 11.5 Å². The molecule has 0 aliphatic rings. The quantitative estimate of drug-likeness (QED) is 0.489. The molecule has 0 aliphatic heterocycles. The molecule has 0 saturated carbocycles. The average Bonchev–Trinajstić information content (AvgIpc) is 2.53. The lowest BCUT2D eigenvalue weighted by molar-refractivity contribution is 0.355. The molecule has 2 aromatic carbocycles. The van der Waals surface area contributed by atoms with Gasteiger partial charge in [0.25, 0.3) is 0 Å². The fraction of sp³-hybridized carbons (Fsp3) is 0.143. The van der Waals surface area contributed by atoms with E-state index in [9.17, 15) is 0 Å². The van der Waals surface area contributed by atoms with Crippen molar-refractivity contribution in [1.82, 2.24) is 0 Å². The van der Waals surface area contributed by atoms with E-state index in [4.69, 9.17) is 37.9 Å². The van der Waals surface area contributed by atoms with Crippen molar-refractivity contribution in [1.29, 1.82) is 0 Å². The van der Waals surface area contributed by atoms with Crippen LogP contribution in [-0.2, 0) is 16.5 Å². The van der Waals surface area contributed by atoms with Gasteiger partial charge in [-0.05, 0) is 24.3 Å². The number of ether oxygens (including phenoxy) is 2. The van der Waals surface area contributed by atoms with Gasteiger partial charge in [0.05, 0.1) is 14.2 Å². The van der Waals surface area contributed by atoms with Crippen LogP contribution in [0.1, 0.15) is 0 Å². The molecule has 0 bridgehead atoms. The van der Waals surface area contributed by atoms with Gasteiger partial charge in [-0.15, -0.1) is 0 Å². The van der Waals surface area contributed by atoms with Crippen molar-refractivity contribution in [3.63, 3.8) is 0 Å². The first kappa shape index (κ1) is 28.6. The van der Waals surface area contributed by atoms with Gasteiger partial charge in [-0.3, -0.25) is 0 Å². The summed E-state index contributed by atoms with van der Waals surface area (Å²) in [5.74, 6) is 1.54. The van der Waals surface area contributed by atoms with E-state index in [-0.39, 0.29) is 0 Å². The highest BCUT2D eigenvalue weighted by Crippen LogP contribution is 2.24. The molecule has 13 heteroatoms. The molecule has 0 unspecified atom stereocenters. The summed E-state index contributed by atoms with van der Waals surface area (Å²) in [5.41, 5.74) is 0. The second kappa shape index (κ2) is 15.3. The minimum Gasteiger partial charge on any atom is -0.493 e. The number of benzene rings is 2. The van der Waals surface area contributed by atoms with Gasteiger partial charge in [0, 0.05) is 47.8 Å². The van der Waals surface area contributed by atoms with E-state index in [1.807, 2.05) is 54.6 Å². The molecule has 0 fully saturated rings. The third-order valence-electron chi connectivity index (χ3n) is 2.02. The number of hydrogen-bond acceptors (Lipinski definition) is 6. The molecule has 6 nitrogen and oxygen atoms in total. The van der Waals surface area contributed by atoms with Gasteiger partial charge in [-0.25, -0.2) is 0 Å². The predicted molar refractivity (Wildman–Crippen MR) is 112 cm³/mol. The number of para-hydroxylation sites is 2. The molecule has 0 aromatic heterocycles. The van der Waals surface area contributed by atoms with Crippen molar-refractivity contribution in [3.05, 3.63) is 59.6 Å². The van der Waals surface area contributed by atoms with Crippen LogP contribution in [0.2, 0.25) is 5.02 Å². The van der Waals surface area contributed by atoms with E-state index in [1.54, 1.807) is 14.2 Å². The van der Waals surface area contributed by atoms with Crippen molar-refractivity contribution in [2.75, 3.05) is 14.2 Å². The van der Waals surface area contributed by atoms with Gasteiger partial charge in [0.15, 0.2) is 11.5 Å². The largest absolute Gasteiger partial charge is 0.493 e. The first-order chi connectivity index (χ1) is 12.3. The lowest BCUT2D eigenvalue weighted by Gasteiger charge is -2.04. The summed E-state index contributed by atoms with van der Waals surface area (Å²) < 4.78 is 46.7. The Morgan fingerprint density at radius 2 is 0.889 bits per heavy atom. The van der Waals surface area contributed by atoms with Gasteiger partial charge in [0.2, 0.25) is 0 Å². The maximum Gasteiger partial charge on any atom is 0.317 e. The maximum atomic E-state index is 9.16. The molecule has 0 atom stereocenters. The van der Waals surface area contributed by atoms with Crippen LogP contribution in [0.25, 0.3) is 0 Å². The van der Waals surface area contributed by atoms with E-state index in [0.717, 1.165) is 16.5 Å². The molecule has 2 aromatic rings. The highest BCUT2D eigenvalue weighted by atomic mass is 36.0. The summed E-state index contributed by atoms with van der Waals surface area (Å²) in [5, 5.41) is 0.794. The van der Waals surface area contributed by atoms with Crippen LogP contribution < -0.4 is 9.47 Å². The van der Waals surface area contributed by atoms with Crippen molar-refractivity contribution < 1.29 is 26.3 Å². The summed E-state index contributed by atoms with van der Waals surface area (Å²) in [7, 11) is 12.9. The topological polar surface area (TPSA) is 86.7 Å². The first-order valence-corrected chi connectivity index (χ1v) is 13.1. The van der Waals surface area contributed by atoms with Gasteiger partial charge in [-0.2, -0.15) is 16.8 Å². The summed E-state index contributed by atoms with van der Waals surface area (Å²) >= 11 is 5.54. The Kier molecular flexibility index (Phi) is 16.2. The molecule has 154 valence electrons. The highest BCUT2D eigenvalue weighted by Gasteiger charge is 1.97. The normalized spacial score (nSPS) is 9.89. The van der Waals surface area contributed by atoms with Crippen LogP contribution in [-0.4, -0.2) is 31.1 Å². The minimum absolute atomic E-state index is 0.769. The molecular formula is C14H15Cl5O6S2. The lowest BCUT2D eigenvalue weighted by atomic mass is 10.3. The summed E-state index contributed by atoms with van der Waals surface area (Å²) in [4.78, 5) is 0. The SMILES string of the molecule is COc1ccccc1OC.Clc1ccccc1.O=S(=O)(Cl)Cl.O=S(=O)(Cl)Cl. The molecule has 0 spiro atoms. The van der Waals surface area contributed by atoms with Gasteiger partial charge >= 0.3 is 16.5 Å². The van der Waals surface area contributed by atoms with Crippen LogP contribution in [0.3, 0.4) is 0 Å². The molecule has 0 radical (unpaired) electrons. The lowest BCUT2D eigenvalue weighted by Crippen LogP contribution is -1.88. The van der Waals surface area contributed by atoms with E-state index < -0.39 is 16.5 Å². The van der Waals surface area contributed by atoms with Crippen LogP contribution in [0, 0.1) is 0 Å². The van der Waals surface area contributed by atoms with Gasteiger partial charge < -0.3 is 9.47 Å². The Morgan fingerprint density at radius 1 is 0.630 bits per heavy atom. The number of rotatable bonds is 2. The zero-order valence-electron chi connectivity index (χ0n) is 13.9. The third kappa shape index (κ3) is 27.7. The smallest absolute Gasteiger partial charge is 0.317 e. The third-order valence-corrected chi connectivity index (χ3v) is 2.27. The Morgan fingerprint density at radius 3 is 1.07 bits per heavy atom. The van der Waals surface area contributed by atoms with Crippen molar-refractivity contribution >= 4 is 70.9 Å². The van der Waals surface area contributed by atoms with E-state index in [2.05, 4.69) is 42.7 Å². The second-order valence-corrected chi connectivity index (χ2v) is 11.7. The van der Waals surface area contributed by atoms with Gasteiger partial charge in [0.1, 0.15) is 0 Å². The molecule has 27 heavy (non-hydrogen) atoms. The molecule has 0 N–H and O–H groups in total. The Balaban J connectivity index is 0. The summed E-state index contributed by atoms with van der Waals surface area (Å²) in [6.45, 7) is 0. The zero-order chi connectivity index (χ0) is 21.5. The Bertz CT molecular complexity index is 776. The van der Waals surface area contributed by atoms with Crippen LogP contribution >= 0.6 is 54.3 Å². The van der Waals surface area contributed by atoms with Crippen molar-refractivity contribution in [2.45, 2.75) is 0 Å². The maximum absolute atomic E-state index is 9.16. The first-order valence-electron chi connectivity index (χ1n) is 6.44. The number of halogens is 5. The highest BCUT2D eigenvalue weighted by molar-refractivity contribution is 8.31. The predicted octanol–water partition coefficient (Wildman–Crippen LogP) is 5.46. The molecular weight excluding hydrogens is 506 g/mol. The Labute approximate surface area is 181 Å². The molecule has 2 rings (SSSR count).